The number of halogens is 1. The number of anilines is 1. The number of nitrogens with one attached hydrogen (secondary N) is 2. The summed E-state index contributed by atoms with van der Waals surface area (Å²) in [7, 11) is 1.91. The van der Waals surface area contributed by atoms with Gasteiger partial charge in [-0.3, -0.25) is 4.79 Å². The number of rotatable bonds is 5. The predicted molar refractivity (Wildman–Crippen MR) is 93.0 cm³/mol. The van der Waals surface area contributed by atoms with Crippen LogP contribution in [0.2, 0.25) is 0 Å². The fourth-order valence-electron chi connectivity index (χ4n) is 2.21. The molecule has 2 aromatic rings. The number of aryl methyl sites for hydroxylation is 1. The van der Waals surface area contributed by atoms with Gasteiger partial charge >= 0.3 is 0 Å². The molecule has 1 fully saturated rings. The van der Waals surface area contributed by atoms with Crippen molar-refractivity contribution in [2.45, 2.75) is 17.0 Å². The first-order valence-corrected chi connectivity index (χ1v) is 8.08. The van der Waals surface area contributed by atoms with Gasteiger partial charge in [-0.15, -0.1) is 22.6 Å². The Bertz CT molecular complexity index is 656. The molecule has 0 spiro atoms. The quantitative estimate of drug-likeness (QED) is 0.862. The lowest BCUT2D eigenvalue weighted by atomic mass is 9.88. The highest BCUT2D eigenvalue weighted by molar-refractivity contribution is 7.99. The van der Waals surface area contributed by atoms with E-state index in [1.54, 1.807) is 18.1 Å². The summed E-state index contributed by atoms with van der Waals surface area (Å²) < 4.78 is 1.87. The maximum absolute atomic E-state index is 12.2. The van der Waals surface area contributed by atoms with Crippen LogP contribution in [0, 0.1) is 11.8 Å². The van der Waals surface area contributed by atoms with Crippen molar-refractivity contribution in [1.29, 1.82) is 0 Å². The summed E-state index contributed by atoms with van der Waals surface area (Å²) in [5.41, 5.74) is 0.825. The molecule has 1 aliphatic heterocycles. The lowest BCUT2D eigenvalue weighted by Crippen LogP contribution is -2.48. The first-order valence-electron chi connectivity index (χ1n) is 7.27. The van der Waals surface area contributed by atoms with Gasteiger partial charge in [0.2, 0.25) is 5.91 Å². The monoisotopic (exact) mass is 353 g/mol. The van der Waals surface area contributed by atoms with Gasteiger partial charge in [-0.2, -0.15) is 0 Å². The molecule has 2 N–H and O–H groups in total. The number of carbonyl (C=O) groups excluding carboxylic acids is 1. The molecule has 0 bridgehead atoms. The minimum atomic E-state index is 0. The van der Waals surface area contributed by atoms with Crippen molar-refractivity contribution in [2.24, 2.45) is 18.9 Å². The second-order valence-electron chi connectivity index (χ2n) is 5.55. The van der Waals surface area contributed by atoms with Gasteiger partial charge in [-0.25, -0.2) is 0 Å². The third kappa shape index (κ3) is 4.25. The summed E-state index contributed by atoms with van der Waals surface area (Å²) in [6, 6.07) is 7.79. The number of carbonyl (C=O) groups is 1. The van der Waals surface area contributed by atoms with Gasteiger partial charge in [0.25, 0.3) is 0 Å². The highest BCUT2D eigenvalue weighted by Crippen LogP contribution is 2.26. The second-order valence-corrected chi connectivity index (χ2v) is 6.59. The van der Waals surface area contributed by atoms with E-state index in [-0.39, 0.29) is 24.2 Å². The van der Waals surface area contributed by atoms with Crippen LogP contribution in [0.15, 0.2) is 40.6 Å². The normalized spacial score (nSPS) is 15.4. The first kappa shape index (κ1) is 17.8. The lowest BCUT2D eigenvalue weighted by Gasteiger charge is -2.31. The Morgan fingerprint density at radius 1 is 1.39 bits per heavy atom. The molecule has 0 aliphatic carbocycles. The molecule has 6 nitrogen and oxygen atoms in total. The van der Waals surface area contributed by atoms with Gasteiger partial charge in [-0.1, -0.05) is 6.92 Å². The number of hydrogen-bond donors (Lipinski definition) is 2. The predicted octanol–water partition coefficient (Wildman–Crippen LogP) is 2.18. The molecule has 2 heterocycles. The smallest absolute Gasteiger partial charge is 0.227 e. The standard InChI is InChI=1S/C15H19N5OS.ClH/c1-10(11-7-16-8-11)14(21)18-12-3-5-13(6-4-12)22-15-19-17-9-20(15)2;/h3-6,9-11,16H,7-8H2,1-2H3,(H,18,21);1H. The van der Waals surface area contributed by atoms with Crippen LogP contribution in [-0.4, -0.2) is 33.8 Å². The van der Waals surface area contributed by atoms with Gasteiger partial charge in [0, 0.05) is 23.5 Å². The first-order chi connectivity index (χ1) is 10.6. The van der Waals surface area contributed by atoms with Crippen LogP contribution in [0.4, 0.5) is 5.69 Å². The summed E-state index contributed by atoms with van der Waals surface area (Å²) in [6.45, 7) is 3.85. The molecule has 0 saturated carbocycles. The average molecular weight is 354 g/mol. The van der Waals surface area contributed by atoms with Crippen molar-refractivity contribution in [1.82, 2.24) is 20.1 Å². The summed E-state index contributed by atoms with van der Waals surface area (Å²) >= 11 is 1.54. The minimum Gasteiger partial charge on any atom is -0.326 e. The van der Waals surface area contributed by atoms with E-state index in [2.05, 4.69) is 20.8 Å². The van der Waals surface area contributed by atoms with E-state index in [0.29, 0.717) is 5.92 Å². The molecule has 0 radical (unpaired) electrons. The lowest BCUT2D eigenvalue weighted by molar-refractivity contribution is -0.121. The van der Waals surface area contributed by atoms with Gasteiger partial charge in [0.1, 0.15) is 6.33 Å². The largest absolute Gasteiger partial charge is 0.326 e. The van der Waals surface area contributed by atoms with Crippen LogP contribution in [0.5, 0.6) is 0 Å². The number of nitrogens with zero attached hydrogens (tertiary/aromatic N) is 3. The SMILES string of the molecule is CC(C(=O)Nc1ccc(Sc2nncn2C)cc1)C1CNC1.Cl. The zero-order valence-electron chi connectivity index (χ0n) is 13.0. The van der Waals surface area contributed by atoms with E-state index >= 15 is 0 Å². The summed E-state index contributed by atoms with van der Waals surface area (Å²) in [5, 5.41) is 14.9. The Morgan fingerprint density at radius 2 is 2.09 bits per heavy atom. The fraction of sp³-hybridized carbons (Fsp3) is 0.400. The van der Waals surface area contributed by atoms with E-state index in [1.807, 2.05) is 42.8 Å². The van der Waals surface area contributed by atoms with Crippen molar-refractivity contribution in [3.8, 4) is 0 Å². The molecule has 1 aromatic heterocycles. The molecule has 1 amide bonds. The van der Waals surface area contributed by atoms with Crippen LogP contribution in [0.25, 0.3) is 0 Å². The van der Waals surface area contributed by atoms with Crippen molar-refractivity contribution in [3.63, 3.8) is 0 Å². The van der Waals surface area contributed by atoms with E-state index in [4.69, 9.17) is 0 Å². The Labute approximate surface area is 145 Å². The number of hydrogen-bond acceptors (Lipinski definition) is 5. The van der Waals surface area contributed by atoms with Gasteiger partial charge in [-0.05, 0) is 55.0 Å². The number of aromatic nitrogens is 3. The second kappa shape index (κ2) is 7.81. The number of benzene rings is 1. The van der Waals surface area contributed by atoms with Crippen molar-refractivity contribution in [3.05, 3.63) is 30.6 Å². The molecular formula is C15H20ClN5OS. The van der Waals surface area contributed by atoms with Crippen LogP contribution < -0.4 is 10.6 Å². The Hall–Kier alpha value is -1.57. The highest BCUT2D eigenvalue weighted by atomic mass is 35.5. The molecule has 8 heteroatoms. The fourth-order valence-corrected chi connectivity index (χ4v) is 2.97. The van der Waals surface area contributed by atoms with Crippen molar-refractivity contribution < 1.29 is 4.79 Å². The third-order valence-corrected chi connectivity index (χ3v) is 4.99. The van der Waals surface area contributed by atoms with Crippen molar-refractivity contribution in [2.75, 3.05) is 18.4 Å². The summed E-state index contributed by atoms with van der Waals surface area (Å²) in [4.78, 5) is 13.2. The van der Waals surface area contributed by atoms with E-state index in [9.17, 15) is 4.79 Å². The molecular weight excluding hydrogens is 334 g/mol. The minimum absolute atomic E-state index is 0. The van der Waals surface area contributed by atoms with Crippen molar-refractivity contribution >= 4 is 35.8 Å². The summed E-state index contributed by atoms with van der Waals surface area (Å²) in [5.74, 6) is 0.569. The summed E-state index contributed by atoms with van der Waals surface area (Å²) in [6.07, 6.45) is 1.67. The zero-order valence-corrected chi connectivity index (χ0v) is 14.7. The topological polar surface area (TPSA) is 71.8 Å². The van der Waals surface area contributed by atoms with E-state index in [1.165, 1.54) is 0 Å². The molecule has 1 unspecified atom stereocenters. The molecule has 1 saturated heterocycles. The highest BCUT2D eigenvalue weighted by Gasteiger charge is 2.28. The van der Waals surface area contributed by atoms with E-state index in [0.717, 1.165) is 28.8 Å². The van der Waals surface area contributed by atoms with Crippen LogP contribution in [-0.2, 0) is 11.8 Å². The van der Waals surface area contributed by atoms with Gasteiger partial charge in [0.05, 0.1) is 0 Å². The molecule has 124 valence electrons. The number of amides is 1. The third-order valence-electron chi connectivity index (χ3n) is 3.93. The van der Waals surface area contributed by atoms with Crippen LogP contribution >= 0.6 is 24.2 Å². The Morgan fingerprint density at radius 3 is 2.61 bits per heavy atom. The molecule has 23 heavy (non-hydrogen) atoms. The van der Waals surface area contributed by atoms with Crippen LogP contribution in [0.1, 0.15) is 6.92 Å². The Balaban J connectivity index is 0.00000192. The molecule has 1 aromatic carbocycles. The van der Waals surface area contributed by atoms with Gasteiger partial charge in [0.15, 0.2) is 5.16 Å². The average Bonchev–Trinajstić information content (AvgIpc) is 2.84. The Kier molecular flexibility index (Phi) is 6.04. The molecule has 1 aliphatic rings. The molecule has 1 atom stereocenters. The van der Waals surface area contributed by atoms with Gasteiger partial charge < -0.3 is 15.2 Å². The van der Waals surface area contributed by atoms with E-state index < -0.39 is 0 Å². The van der Waals surface area contributed by atoms with Crippen LogP contribution in [0.3, 0.4) is 0 Å². The zero-order chi connectivity index (χ0) is 15.5. The molecule has 3 rings (SSSR count). The maximum atomic E-state index is 12.2. The maximum Gasteiger partial charge on any atom is 0.227 e.